The van der Waals surface area contributed by atoms with Crippen molar-refractivity contribution in [3.05, 3.63) is 65.7 Å². The van der Waals surface area contributed by atoms with E-state index >= 15 is 0 Å². The molecule has 1 atom stereocenters. The third-order valence-electron chi connectivity index (χ3n) is 5.01. The van der Waals surface area contributed by atoms with Gasteiger partial charge >= 0.3 is 0 Å². The van der Waals surface area contributed by atoms with E-state index in [4.69, 9.17) is 0 Å². The van der Waals surface area contributed by atoms with Crippen LogP contribution in [0.5, 0.6) is 0 Å². The molecule has 26 heavy (non-hydrogen) atoms. The van der Waals surface area contributed by atoms with Gasteiger partial charge in [0.15, 0.2) is 5.78 Å². The van der Waals surface area contributed by atoms with Crippen LogP contribution < -0.4 is 5.32 Å². The van der Waals surface area contributed by atoms with Crippen LogP contribution in [0.2, 0.25) is 0 Å². The largest absolute Gasteiger partial charge is 0.325 e. The van der Waals surface area contributed by atoms with Crippen LogP contribution in [-0.4, -0.2) is 29.2 Å². The van der Waals surface area contributed by atoms with Crippen molar-refractivity contribution in [2.75, 3.05) is 11.9 Å². The Labute approximate surface area is 155 Å². The molecule has 2 aromatic carbocycles. The first-order valence-electron chi connectivity index (χ1n) is 9.22. The monoisotopic (exact) mass is 350 g/mol. The van der Waals surface area contributed by atoms with Crippen molar-refractivity contribution in [2.45, 2.75) is 39.3 Å². The van der Waals surface area contributed by atoms with E-state index in [-0.39, 0.29) is 11.7 Å². The minimum Gasteiger partial charge on any atom is -0.325 e. The summed E-state index contributed by atoms with van der Waals surface area (Å²) in [5.41, 5.74) is 2.49. The maximum absolute atomic E-state index is 12.6. The zero-order valence-electron chi connectivity index (χ0n) is 15.4. The first-order chi connectivity index (χ1) is 12.5. The molecule has 4 heteroatoms. The van der Waals surface area contributed by atoms with Crippen LogP contribution in [0.3, 0.4) is 0 Å². The van der Waals surface area contributed by atoms with Gasteiger partial charge in [-0.3, -0.25) is 14.5 Å². The van der Waals surface area contributed by atoms with Crippen molar-refractivity contribution in [1.82, 2.24) is 4.90 Å². The van der Waals surface area contributed by atoms with Gasteiger partial charge in [-0.2, -0.15) is 0 Å². The number of carbonyl (C=O) groups excluding carboxylic acids is 2. The summed E-state index contributed by atoms with van der Waals surface area (Å²) in [5.74, 6) is 0.635. The third-order valence-corrected chi connectivity index (χ3v) is 5.01. The number of nitrogens with zero attached hydrogens (tertiary/aromatic N) is 1. The van der Waals surface area contributed by atoms with Crippen molar-refractivity contribution >= 4 is 17.4 Å². The number of anilines is 1. The smallest absolute Gasteiger partial charge is 0.238 e. The van der Waals surface area contributed by atoms with Gasteiger partial charge in [0.1, 0.15) is 0 Å². The van der Waals surface area contributed by atoms with Crippen LogP contribution in [0.1, 0.15) is 42.6 Å². The second-order valence-corrected chi connectivity index (χ2v) is 7.15. The van der Waals surface area contributed by atoms with Crippen LogP contribution in [0.15, 0.2) is 54.6 Å². The normalized spacial score (nSPS) is 14.9. The van der Waals surface area contributed by atoms with Crippen molar-refractivity contribution < 1.29 is 9.59 Å². The minimum absolute atomic E-state index is 0.00541. The molecule has 0 saturated heterocycles. The first-order valence-corrected chi connectivity index (χ1v) is 9.22. The average Bonchev–Trinajstić information content (AvgIpc) is 3.46. The SMILES string of the molecule is CC(=O)c1cccc(NC(=O)CN(Cc2ccccc2)C(C)C2CC2)c1. The van der Waals surface area contributed by atoms with E-state index < -0.39 is 0 Å². The molecule has 0 aliphatic heterocycles. The van der Waals surface area contributed by atoms with Gasteiger partial charge in [-0.15, -0.1) is 0 Å². The number of carbonyl (C=O) groups is 2. The van der Waals surface area contributed by atoms with Crippen LogP contribution in [-0.2, 0) is 11.3 Å². The summed E-state index contributed by atoms with van der Waals surface area (Å²) >= 11 is 0. The molecule has 0 radical (unpaired) electrons. The molecule has 1 aliphatic rings. The van der Waals surface area contributed by atoms with Gasteiger partial charge in [-0.25, -0.2) is 0 Å². The summed E-state index contributed by atoms with van der Waals surface area (Å²) in [4.78, 5) is 26.4. The molecule has 4 nitrogen and oxygen atoms in total. The third kappa shape index (κ3) is 5.02. The van der Waals surface area contributed by atoms with E-state index in [9.17, 15) is 9.59 Å². The minimum atomic E-state index is -0.0471. The molecule has 1 aliphatic carbocycles. The molecule has 0 aromatic heterocycles. The standard InChI is InChI=1S/C22H26N2O2/c1-16(19-11-12-19)24(14-18-7-4-3-5-8-18)15-22(26)23-21-10-6-9-20(13-21)17(2)25/h3-10,13,16,19H,11-12,14-15H2,1-2H3,(H,23,26). The molecule has 1 saturated carbocycles. The molecule has 0 heterocycles. The Balaban J connectivity index is 1.66. The van der Waals surface area contributed by atoms with Crippen LogP contribution >= 0.6 is 0 Å². The van der Waals surface area contributed by atoms with Gasteiger partial charge in [0.25, 0.3) is 0 Å². The Hall–Kier alpha value is -2.46. The molecule has 0 spiro atoms. The molecule has 136 valence electrons. The summed E-state index contributed by atoms with van der Waals surface area (Å²) in [6.45, 7) is 4.85. The van der Waals surface area contributed by atoms with E-state index in [1.807, 2.05) is 24.3 Å². The highest BCUT2D eigenvalue weighted by Gasteiger charge is 2.32. The lowest BCUT2D eigenvalue weighted by molar-refractivity contribution is -0.118. The highest BCUT2D eigenvalue weighted by atomic mass is 16.2. The van der Waals surface area contributed by atoms with Gasteiger partial charge in [0, 0.05) is 23.8 Å². The molecule has 1 amide bonds. The number of hydrogen-bond acceptors (Lipinski definition) is 3. The fourth-order valence-electron chi connectivity index (χ4n) is 3.24. The van der Waals surface area contributed by atoms with Gasteiger partial charge < -0.3 is 5.32 Å². The zero-order chi connectivity index (χ0) is 18.5. The van der Waals surface area contributed by atoms with Gasteiger partial charge in [-0.1, -0.05) is 42.5 Å². The molecule has 1 fully saturated rings. The number of Topliss-reactive ketones (excluding diaryl/α,β-unsaturated/α-hetero) is 1. The molecular weight excluding hydrogens is 324 g/mol. The Morgan fingerprint density at radius 1 is 1.12 bits per heavy atom. The first kappa shape index (κ1) is 18.3. The van der Waals surface area contributed by atoms with E-state index in [1.54, 1.807) is 18.2 Å². The predicted molar refractivity (Wildman–Crippen MR) is 104 cm³/mol. The second kappa shape index (κ2) is 8.28. The van der Waals surface area contributed by atoms with Crippen LogP contribution in [0, 0.1) is 5.92 Å². The zero-order valence-corrected chi connectivity index (χ0v) is 15.4. The molecule has 1 N–H and O–H groups in total. The maximum atomic E-state index is 12.6. The van der Waals surface area contributed by atoms with Crippen molar-refractivity contribution in [2.24, 2.45) is 5.92 Å². The Bertz CT molecular complexity index is 769. The highest BCUT2D eigenvalue weighted by Crippen LogP contribution is 2.35. The topological polar surface area (TPSA) is 49.4 Å². The lowest BCUT2D eigenvalue weighted by Gasteiger charge is -2.28. The van der Waals surface area contributed by atoms with Crippen LogP contribution in [0.4, 0.5) is 5.69 Å². The van der Waals surface area contributed by atoms with Crippen LogP contribution in [0.25, 0.3) is 0 Å². The summed E-state index contributed by atoms with van der Waals surface area (Å²) in [7, 11) is 0. The van der Waals surface area contributed by atoms with Gasteiger partial charge in [-0.05, 0) is 50.3 Å². The number of benzene rings is 2. The molecule has 2 aromatic rings. The number of rotatable bonds is 8. The quantitative estimate of drug-likeness (QED) is 0.728. The summed E-state index contributed by atoms with van der Waals surface area (Å²) < 4.78 is 0. The van der Waals surface area contributed by atoms with E-state index in [2.05, 4.69) is 29.3 Å². The predicted octanol–water partition coefficient (Wildman–Crippen LogP) is 4.13. The summed E-state index contributed by atoms with van der Waals surface area (Å²) in [6.07, 6.45) is 2.49. The number of nitrogens with one attached hydrogen (secondary N) is 1. The molecule has 0 bridgehead atoms. The second-order valence-electron chi connectivity index (χ2n) is 7.15. The summed E-state index contributed by atoms with van der Waals surface area (Å²) in [5, 5.41) is 2.93. The van der Waals surface area contributed by atoms with Gasteiger partial charge in [0.2, 0.25) is 5.91 Å². The van der Waals surface area contributed by atoms with E-state index in [0.29, 0.717) is 29.8 Å². The van der Waals surface area contributed by atoms with Gasteiger partial charge in [0.05, 0.1) is 6.54 Å². The Kier molecular flexibility index (Phi) is 5.84. The number of amides is 1. The molecule has 3 rings (SSSR count). The lowest BCUT2D eigenvalue weighted by atomic mass is 10.1. The van der Waals surface area contributed by atoms with E-state index in [1.165, 1.54) is 25.3 Å². The Morgan fingerprint density at radius 2 is 1.85 bits per heavy atom. The summed E-state index contributed by atoms with van der Waals surface area (Å²) in [6, 6.07) is 17.7. The maximum Gasteiger partial charge on any atom is 0.238 e. The Morgan fingerprint density at radius 3 is 2.50 bits per heavy atom. The molecular formula is C22H26N2O2. The van der Waals surface area contributed by atoms with Crippen molar-refractivity contribution in [3.63, 3.8) is 0 Å². The fourth-order valence-corrected chi connectivity index (χ4v) is 3.24. The van der Waals surface area contributed by atoms with Crippen molar-refractivity contribution in [1.29, 1.82) is 0 Å². The number of ketones is 1. The van der Waals surface area contributed by atoms with Crippen molar-refractivity contribution in [3.8, 4) is 0 Å². The average molecular weight is 350 g/mol. The fraction of sp³-hybridized carbons (Fsp3) is 0.364. The highest BCUT2D eigenvalue weighted by molar-refractivity contribution is 5.97. The number of hydrogen-bond donors (Lipinski definition) is 1. The molecule has 1 unspecified atom stereocenters. The van der Waals surface area contributed by atoms with E-state index in [0.717, 1.165) is 6.54 Å². The lowest BCUT2D eigenvalue weighted by Crippen LogP contribution is -2.40.